The largest absolute Gasteiger partial charge is 0.497 e. The molecule has 1 N–H and O–H groups in total. The number of hydrogen-bond donors (Lipinski definition) is 1. The summed E-state index contributed by atoms with van der Waals surface area (Å²) in [7, 11) is 1.57. The Morgan fingerprint density at radius 1 is 1.16 bits per heavy atom. The van der Waals surface area contributed by atoms with E-state index in [1.54, 1.807) is 13.2 Å². The van der Waals surface area contributed by atoms with Crippen LogP contribution in [0.5, 0.6) is 5.75 Å². The van der Waals surface area contributed by atoms with Gasteiger partial charge in [0, 0.05) is 0 Å². The lowest BCUT2D eigenvalue weighted by molar-refractivity contribution is -0.136. The van der Waals surface area contributed by atoms with Crippen LogP contribution in [0.2, 0.25) is 0 Å². The lowest BCUT2D eigenvalue weighted by Gasteiger charge is -2.10. The second kappa shape index (κ2) is 5.57. The van der Waals surface area contributed by atoms with Gasteiger partial charge in [0.2, 0.25) is 0 Å². The van der Waals surface area contributed by atoms with Crippen molar-refractivity contribution in [2.75, 3.05) is 7.11 Å². The number of rotatable bonds is 4. The number of aliphatic carboxylic acids is 1. The average molecular weight is 256 g/mol. The molecule has 0 atom stereocenters. The summed E-state index contributed by atoms with van der Waals surface area (Å²) in [5.41, 5.74) is 3.89. The number of methoxy groups -OCH3 is 1. The highest BCUT2D eigenvalue weighted by Gasteiger charge is 2.10. The van der Waals surface area contributed by atoms with Crippen molar-refractivity contribution < 1.29 is 14.6 Å². The molecule has 0 heterocycles. The van der Waals surface area contributed by atoms with Gasteiger partial charge in [0.05, 0.1) is 13.5 Å². The second-order valence-electron chi connectivity index (χ2n) is 4.46. The molecule has 0 aromatic heterocycles. The lowest BCUT2D eigenvalue weighted by Crippen LogP contribution is -2.02. The number of carboxylic acids is 1. The normalized spacial score (nSPS) is 10.2. The van der Waals surface area contributed by atoms with Crippen LogP contribution >= 0.6 is 0 Å². The van der Waals surface area contributed by atoms with E-state index in [1.165, 1.54) is 5.56 Å². The third kappa shape index (κ3) is 3.13. The maximum absolute atomic E-state index is 11.0. The van der Waals surface area contributed by atoms with E-state index in [1.807, 2.05) is 43.3 Å². The highest BCUT2D eigenvalue weighted by molar-refractivity contribution is 5.77. The van der Waals surface area contributed by atoms with Crippen LogP contribution < -0.4 is 4.74 Å². The van der Waals surface area contributed by atoms with Crippen molar-refractivity contribution in [3.8, 4) is 16.9 Å². The molecule has 0 radical (unpaired) electrons. The van der Waals surface area contributed by atoms with Gasteiger partial charge in [0.15, 0.2) is 0 Å². The summed E-state index contributed by atoms with van der Waals surface area (Å²) in [6.07, 6.45) is -0.0135. The van der Waals surface area contributed by atoms with Crippen LogP contribution in [0.3, 0.4) is 0 Å². The predicted octanol–water partition coefficient (Wildman–Crippen LogP) is 3.30. The van der Waals surface area contributed by atoms with Gasteiger partial charge in [-0.1, -0.05) is 35.9 Å². The molecule has 3 heteroatoms. The Bertz CT molecular complexity index is 585. The summed E-state index contributed by atoms with van der Waals surface area (Å²) < 4.78 is 5.15. The van der Waals surface area contributed by atoms with Gasteiger partial charge in [-0.25, -0.2) is 0 Å². The van der Waals surface area contributed by atoms with Gasteiger partial charge in [-0.3, -0.25) is 4.79 Å². The molecule has 0 fully saturated rings. The zero-order valence-corrected chi connectivity index (χ0v) is 11.0. The molecule has 0 saturated carbocycles. The highest BCUT2D eigenvalue weighted by atomic mass is 16.5. The third-order valence-electron chi connectivity index (χ3n) is 3.02. The summed E-state index contributed by atoms with van der Waals surface area (Å²) in [6.45, 7) is 2.02. The van der Waals surface area contributed by atoms with Crippen LogP contribution in [-0.4, -0.2) is 18.2 Å². The maximum Gasteiger partial charge on any atom is 0.307 e. The fraction of sp³-hybridized carbons (Fsp3) is 0.188. The Hall–Kier alpha value is -2.29. The Balaban J connectivity index is 2.48. The second-order valence-corrected chi connectivity index (χ2v) is 4.46. The number of hydrogen-bond acceptors (Lipinski definition) is 2. The van der Waals surface area contributed by atoms with E-state index in [2.05, 4.69) is 0 Å². The SMILES string of the molecule is COc1ccc(-c2ccc(C)cc2)c(CC(=O)O)c1. The molecule has 98 valence electrons. The molecule has 0 aliphatic rings. The molecular formula is C16H16O3. The topological polar surface area (TPSA) is 46.5 Å². The van der Waals surface area contributed by atoms with E-state index in [-0.39, 0.29) is 6.42 Å². The van der Waals surface area contributed by atoms with Gasteiger partial charge in [0.25, 0.3) is 0 Å². The van der Waals surface area contributed by atoms with Crippen molar-refractivity contribution in [2.24, 2.45) is 0 Å². The van der Waals surface area contributed by atoms with Crippen LogP contribution in [0.25, 0.3) is 11.1 Å². The van der Waals surface area contributed by atoms with E-state index < -0.39 is 5.97 Å². The molecule has 0 amide bonds. The average Bonchev–Trinajstić information content (AvgIpc) is 2.39. The monoisotopic (exact) mass is 256 g/mol. The number of carboxylic acid groups (broad SMARTS) is 1. The van der Waals surface area contributed by atoms with Crippen molar-refractivity contribution in [3.63, 3.8) is 0 Å². The summed E-state index contributed by atoms with van der Waals surface area (Å²) >= 11 is 0. The van der Waals surface area contributed by atoms with Gasteiger partial charge in [-0.15, -0.1) is 0 Å². The standard InChI is InChI=1S/C16H16O3/c1-11-3-5-12(6-4-11)15-8-7-14(19-2)9-13(15)10-16(17)18/h3-9H,10H2,1-2H3,(H,17,18). The van der Waals surface area contributed by atoms with E-state index in [9.17, 15) is 4.79 Å². The minimum absolute atomic E-state index is 0.0135. The first-order valence-corrected chi connectivity index (χ1v) is 6.06. The van der Waals surface area contributed by atoms with Gasteiger partial charge in [-0.2, -0.15) is 0 Å². The van der Waals surface area contributed by atoms with Crippen LogP contribution in [0, 0.1) is 6.92 Å². The van der Waals surface area contributed by atoms with E-state index >= 15 is 0 Å². The summed E-state index contributed by atoms with van der Waals surface area (Å²) in [6, 6.07) is 13.6. The molecule has 0 bridgehead atoms. The van der Waals surface area contributed by atoms with Crippen molar-refractivity contribution in [2.45, 2.75) is 13.3 Å². The van der Waals surface area contributed by atoms with Crippen molar-refractivity contribution in [1.82, 2.24) is 0 Å². The molecule has 3 nitrogen and oxygen atoms in total. The Morgan fingerprint density at radius 3 is 2.42 bits per heavy atom. The molecule has 0 unspecified atom stereocenters. The van der Waals surface area contributed by atoms with Crippen molar-refractivity contribution >= 4 is 5.97 Å². The van der Waals surface area contributed by atoms with Crippen LogP contribution in [0.1, 0.15) is 11.1 Å². The maximum atomic E-state index is 11.0. The first-order chi connectivity index (χ1) is 9.10. The van der Waals surface area contributed by atoms with E-state index in [0.717, 1.165) is 16.7 Å². The van der Waals surface area contributed by atoms with Gasteiger partial charge < -0.3 is 9.84 Å². The fourth-order valence-corrected chi connectivity index (χ4v) is 2.02. The van der Waals surface area contributed by atoms with Crippen LogP contribution in [0.15, 0.2) is 42.5 Å². The van der Waals surface area contributed by atoms with Gasteiger partial charge in [-0.05, 0) is 35.7 Å². The number of aryl methyl sites for hydroxylation is 1. The lowest BCUT2D eigenvalue weighted by atomic mass is 9.96. The smallest absolute Gasteiger partial charge is 0.307 e. The quantitative estimate of drug-likeness (QED) is 0.913. The number of ether oxygens (including phenoxy) is 1. The molecule has 2 rings (SSSR count). The molecule has 0 aliphatic heterocycles. The third-order valence-corrected chi connectivity index (χ3v) is 3.02. The number of carbonyl (C=O) groups is 1. The highest BCUT2D eigenvalue weighted by Crippen LogP contribution is 2.28. The minimum Gasteiger partial charge on any atom is -0.497 e. The fourth-order valence-electron chi connectivity index (χ4n) is 2.02. The summed E-state index contributed by atoms with van der Waals surface area (Å²) in [5, 5.41) is 9.01. The van der Waals surface area contributed by atoms with E-state index in [4.69, 9.17) is 9.84 Å². The Morgan fingerprint density at radius 2 is 1.84 bits per heavy atom. The molecule has 19 heavy (non-hydrogen) atoms. The zero-order valence-electron chi connectivity index (χ0n) is 11.0. The first-order valence-electron chi connectivity index (χ1n) is 6.06. The van der Waals surface area contributed by atoms with Crippen LogP contribution in [0.4, 0.5) is 0 Å². The number of benzene rings is 2. The molecule has 0 spiro atoms. The molecule has 0 saturated heterocycles. The van der Waals surface area contributed by atoms with Crippen LogP contribution in [-0.2, 0) is 11.2 Å². The zero-order chi connectivity index (χ0) is 13.8. The van der Waals surface area contributed by atoms with Crippen molar-refractivity contribution in [1.29, 1.82) is 0 Å². The molecule has 0 aliphatic carbocycles. The minimum atomic E-state index is -0.846. The predicted molar refractivity (Wildman–Crippen MR) is 74.5 cm³/mol. The Kier molecular flexibility index (Phi) is 3.85. The Labute approximate surface area is 112 Å². The van der Waals surface area contributed by atoms with Gasteiger partial charge in [0.1, 0.15) is 5.75 Å². The van der Waals surface area contributed by atoms with Crippen molar-refractivity contribution in [3.05, 3.63) is 53.6 Å². The molecule has 2 aromatic rings. The molecular weight excluding hydrogens is 240 g/mol. The first kappa shape index (κ1) is 13.1. The summed E-state index contributed by atoms with van der Waals surface area (Å²) in [4.78, 5) is 11.0. The summed E-state index contributed by atoms with van der Waals surface area (Å²) in [5.74, 6) is -0.172. The van der Waals surface area contributed by atoms with Gasteiger partial charge >= 0.3 is 5.97 Å². The molecule has 2 aromatic carbocycles. The van der Waals surface area contributed by atoms with E-state index in [0.29, 0.717) is 5.75 Å².